The van der Waals surface area contributed by atoms with Crippen LogP contribution in [0.5, 0.6) is 0 Å². The second kappa shape index (κ2) is 21.7. The number of H-pyrrole nitrogens is 2. The van der Waals surface area contributed by atoms with Crippen molar-refractivity contribution in [3.63, 3.8) is 0 Å². The fourth-order valence-electron chi connectivity index (χ4n) is 4.71. The Bertz CT molecular complexity index is 1470. The molecule has 0 spiro atoms. The number of aromatic nitrogens is 4. The zero-order valence-corrected chi connectivity index (χ0v) is 28.4. The first-order valence-corrected chi connectivity index (χ1v) is 16.3. The third-order valence-corrected chi connectivity index (χ3v) is 7.70. The normalized spacial score (nSPS) is 15.1. The lowest BCUT2D eigenvalue weighted by Gasteiger charge is -2.26. The summed E-state index contributed by atoms with van der Waals surface area (Å²) < 4.78 is 0. The number of nitrogens with two attached hydrogens (primary N) is 2. The Morgan fingerprint density at radius 3 is 1.60 bits per heavy atom. The molecule has 0 aliphatic carbocycles. The van der Waals surface area contributed by atoms with Crippen LogP contribution >= 0.6 is 0 Å². The molecule has 7 atom stereocenters. The molecule has 0 saturated carbocycles. The number of aliphatic hydroxyl groups is 2. The van der Waals surface area contributed by atoms with Crippen LogP contribution in [0.25, 0.3) is 0 Å². The summed E-state index contributed by atoms with van der Waals surface area (Å²) in [7, 11) is 0. The summed E-state index contributed by atoms with van der Waals surface area (Å²) in [6.07, 6.45) is 3.67. The highest BCUT2D eigenvalue weighted by Crippen LogP contribution is 2.07. The van der Waals surface area contributed by atoms with Crippen LogP contribution < -0.4 is 38.1 Å². The molecule has 0 bridgehead atoms. The van der Waals surface area contributed by atoms with E-state index in [2.05, 4.69) is 46.5 Å². The van der Waals surface area contributed by atoms with Gasteiger partial charge in [-0.05, 0) is 39.2 Å². The maximum Gasteiger partial charge on any atom is 0.326 e. The number of nitrogens with zero attached hydrogens (tertiary/aromatic N) is 2. The van der Waals surface area contributed by atoms with Crippen LogP contribution in [0.15, 0.2) is 25.0 Å². The minimum Gasteiger partial charge on any atom is -0.481 e. The second-order valence-electron chi connectivity index (χ2n) is 11.9. The molecule has 15 N–H and O–H groups in total. The van der Waals surface area contributed by atoms with E-state index < -0.39 is 103 Å². The van der Waals surface area contributed by atoms with E-state index >= 15 is 0 Å². The summed E-state index contributed by atoms with van der Waals surface area (Å²) in [6, 6.07) is -8.88. The van der Waals surface area contributed by atoms with E-state index in [1.807, 2.05) is 0 Å². The molecular formula is C30H47N11O11. The van der Waals surface area contributed by atoms with Crippen molar-refractivity contribution in [3.8, 4) is 0 Å². The number of imidazole rings is 2. The van der Waals surface area contributed by atoms with Gasteiger partial charge in [-0.25, -0.2) is 14.8 Å². The maximum atomic E-state index is 13.7. The summed E-state index contributed by atoms with van der Waals surface area (Å²) in [5.41, 5.74) is 11.9. The first-order valence-electron chi connectivity index (χ1n) is 16.3. The van der Waals surface area contributed by atoms with E-state index in [-0.39, 0.29) is 19.3 Å². The molecule has 288 valence electrons. The molecule has 0 unspecified atom stereocenters. The Morgan fingerprint density at radius 1 is 0.712 bits per heavy atom. The molecule has 2 rings (SSSR count). The minimum absolute atomic E-state index is 0.0734. The lowest BCUT2D eigenvalue weighted by molar-refractivity contribution is -0.142. The highest BCUT2D eigenvalue weighted by atomic mass is 16.4. The van der Waals surface area contributed by atoms with Crippen molar-refractivity contribution in [1.82, 2.24) is 46.5 Å². The van der Waals surface area contributed by atoms with Crippen molar-refractivity contribution < 1.29 is 54.0 Å². The lowest BCUT2D eigenvalue weighted by Crippen LogP contribution is -2.61. The third-order valence-electron chi connectivity index (χ3n) is 7.70. The Morgan fingerprint density at radius 2 is 1.17 bits per heavy atom. The summed E-state index contributed by atoms with van der Waals surface area (Å²) >= 11 is 0. The average Bonchev–Trinajstić information content (AvgIpc) is 3.81. The second-order valence-corrected chi connectivity index (χ2v) is 11.9. The number of aromatic amines is 2. The van der Waals surface area contributed by atoms with Gasteiger partial charge in [0.15, 0.2) is 0 Å². The monoisotopic (exact) mass is 737 g/mol. The molecule has 0 aromatic carbocycles. The van der Waals surface area contributed by atoms with Gasteiger partial charge in [-0.3, -0.25) is 28.8 Å². The minimum atomic E-state index is -1.73. The molecule has 52 heavy (non-hydrogen) atoms. The van der Waals surface area contributed by atoms with E-state index in [1.165, 1.54) is 32.0 Å². The van der Waals surface area contributed by atoms with Crippen LogP contribution in [0.4, 0.5) is 0 Å². The number of amides is 5. The predicted octanol–water partition coefficient (Wildman–Crippen LogP) is -4.88. The molecule has 2 heterocycles. The van der Waals surface area contributed by atoms with E-state index in [0.717, 1.165) is 0 Å². The maximum absolute atomic E-state index is 13.7. The molecule has 0 aliphatic heterocycles. The standard InChI is InChI=1S/C30H47N11O11/c1-15(43)24(32)29(50)37-18(5-6-23(44)45)25(46)41-22(12-42)28(49)40-21(9-17-11-34-14-36-17)27(48)39-20(8-16-10-33-13-35-16)26(47)38-19(30(51)52)4-2-3-7-31/h10-11,13-15,18-22,24,42-43H,2-9,12,31-32H2,1H3,(H,33,35)(H,34,36)(H,37,50)(H,38,47)(H,39,48)(H,40,49)(H,41,46)(H,44,45)(H,51,52)/t15-,18+,19+,20+,21+,22+,24+/m1/s1. The number of hydrogen-bond donors (Lipinski definition) is 13. The molecule has 0 aliphatic rings. The van der Waals surface area contributed by atoms with Crippen molar-refractivity contribution in [2.75, 3.05) is 13.2 Å². The van der Waals surface area contributed by atoms with Gasteiger partial charge in [0.1, 0.15) is 36.3 Å². The van der Waals surface area contributed by atoms with Gasteiger partial charge in [-0.1, -0.05) is 0 Å². The number of carbonyl (C=O) groups excluding carboxylic acids is 5. The van der Waals surface area contributed by atoms with E-state index in [4.69, 9.17) is 16.6 Å². The Labute approximate surface area is 297 Å². The Hall–Kier alpha value is -5.45. The molecular weight excluding hydrogens is 690 g/mol. The molecule has 0 saturated heterocycles. The van der Waals surface area contributed by atoms with Crippen molar-refractivity contribution in [3.05, 3.63) is 36.4 Å². The van der Waals surface area contributed by atoms with Gasteiger partial charge < -0.3 is 68.4 Å². The molecule has 2 aromatic heterocycles. The fraction of sp³-hybridized carbons (Fsp3) is 0.567. The van der Waals surface area contributed by atoms with E-state index in [9.17, 15) is 48.9 Å². The van der Waals surface area contributed by atoms with Crippen LogP contribution in [0.3, 0.4) is 0 Å². The van der Waals surface area contributed by atoms with Gasteiger partial charge in [0, 0.05) is 43.0 Å². The number of hydrogen-bond acceptors (Lipinski definition) is 13. The zero-order chi connectivity index (χ0) is 38.8. The van der Waals surface area contributed by atoms with E-state index in [0.29, 0.717) is 30.8 Å². The molecule has 5 amide bonds. The van der Waals surface area contributed by atoms with Crippen molar-refractivity contribution in [2.45, 2.75) is 94.2 Å². The molecule has 0 radical (unpaired) electrons. The highest BCUT2D eigenvalue weighted by Gasteiger charge is 2.33. The highest BCUT2D eigenvalue weighted by molar-refractivity contribution is 5.96. The zero-order valence-electron chi connectivity index (χ0n) is 28.4. The first kappa shape index (κ1) is 42.7. The van der Waals surface area contributed by atoms with Crippen LogP contribution in [-0.4, -0.2) is 137 Å². The smallest absolute Gasteiger partial charge is 0.326 e. The Kier molecular flexibility index (Phi) is 17.8. The fourth-order valence-corrected chi connectivity index (χ4v) is 4.71. The van der Waals surface area contributed by atoms with Crippen molar-refractivity contribution in [2.24, 2.45) is 11.5 Å². The van der Waals surface area contributed by atoms with Gasteiger partial charge in [0.05, 0.1) is 25.4 Å². The number of nitrogens with one attached hydrogen (secondary N) is 7. The summed E-state index contributed by atoms with van der Waals surface area (Å²) in [4.78, 5) is 102. The lowest BCUT2D eigenvalue weighted by atomic mass is 10.1. The van der Waals surface area contributed by atoms with Crippen LogP contribution in [0.1, 0.15) is 50.4 Å². The van der Waals surface area contributed by atoms with Crippen LogP contribution in [0.2, 0.25) is 0 Å². The molecule has 22 heteroatoms. The summed E-state index contributed by atoms with van der Waals surface area (Å²) in [6.45, 7) is 0.542. The van der Waals surface area contributed by atoms with Gasteiger partial charge in [-0.15, -0.1) is 0 Å². The average molecular weight is 738 g/mol. The molecule has 22 nitrogen and oxygen atoms in total. The quantitative estimate of drug-likeness (QED) is 0.0449. The number of unbranched alkanes of at least 4 members (excludes halogenated alkanes) is 1. The third kappa shape index (κ3) is 14.4. The van der Waals surface area contributed by atoms with Crippen molar-refractivity contribution in [1.29, 1.82) is 0 Å². The largest absolute Gasteiger partial charge is 0.481 e. The number of rotatable bonds is 24. The Balaban J connectivity index is 2.29. The van der Waals surface area contributed by atoms with Crippen molar-refractivity contribution >= 4 is 41.5 Å². The van der Waals surface area contributed by atoms with Gasteiger partial charge >= 0.3 is 11.9 Å². The predicted molar refractivity (Wildman–Crippen MR) is 178 cm³/mol. The van der Waals surface area contributed by atoms with Gasteiger partial charge in [0.2, 0.25) is 29.5 Å². The number of carboxylic acid groups (broad SMARTS) is 2. The first-order chi connectivity index (χ1) is 24.7. The van der Waals surface area contributed by atoms with Crippen LogP contribution in [-0.2, 0) is 46.4 Å². The SMILES string of the molecule is C[C@@H](O)[C@H](N)C(=O)N[C@@H](CCC(=O)O)C(=O)N[C@@H](CO)C(=O)N[C@@H](Cc1cnc[nH]1)C(=O)N[C@@H](Cc1cnc[nH]1)C(=O)N[C@@H](CCCCN)C(=O)O. The molecule has 2 aromatic rings. The molecule has 0 fully saturated rings. The number of carbonyl (C=O) groups is 7. The number of aliphatic carboxylic acids is 2. The summed E-state index contributed by atoms with van der Waals surface area (Å²) in [5.74, 6) is -7.51. The number of carboxylic acids is 2. The van der Waals surface area contributed by atoms with Gasteiger partial charge in [-0.2, -0.15) is 0 Å². The van der Waals surface area contributed by atoms with Gasteiger partial charge in [0.25, 0.3) is 0 Å². The topological polar surface area (TPSA) is 370 Å². The van der Waals surface area contributed by atoms with Crippen LogP contribution in [0, 0.1) is 0 Å². The number of aliphatic hydroxyl groups excluding tert-OH is 2. The summed E-state index contributed by atoms with van der Waals surface area (Å²) in [5, 5.41) is 50.2. The van der Waals surface area contributed by atoms with E-state index in [1.54, 1.807) is 0 Å².